The predicted octanol–water partition coefficient (Wildman–Crippen LogP) is -0.403. The van der Waals surface area contributed by atoms with Gasteiger partial charge in [-0.3, -0.25) is 14.6 Å². The van der Waals surface area contributed by atoms with Crippen LogP contribution in [0.1, 0.15) is 25.7 Å². The van der Waals surface area contributed by atoms with Gasteiger partial charge in [0, 0.05) is 19.6 Å². The summed E-state index contributed by atoms with van der Waals surface area (Å²) in [5.41, 5.74) is 5.43. The van der Waals surface area contributed by atoms with Gasteiger partial charge in [-0.2, -0.15) is 0 Å². The molecule has 0 saturated carbocycles. The molecule has 1 radical (unpaired) electrons. The van der Waals surface area contributed by atoms with E-state index in [0.29, 0.717) is 0 Å². The van der Waals surface area contributed by atoms with Crippen LogP contribution in [-0.2, 0) is 4.79 Å². The number of amides is 1. The number of aliphatic hydroxyl groups is 1. The summed E-state index contributed by atoms with van der Waals surface area (Å²) in [6, 6.07) is -0.131. The number of β-amino-alcohol motifs (C(OH)–C–C–N with tert-alkyl or cyclic N) is 1. The molecule has 1 unspecified atom stereocenters. The van der Waals surface area contributed by atoms with Gasteiger partial charge in [0.05, 0.1) is 12.1 Å². The van der Waals surface area contributed by atoms with Crippen LogP contribution in [0.5, 0.6) is 0 Å². The van der Waals surface area contributed by atoms with Crippen LogP contribution < -0.4 is 5.73 Å². The molecule has 0 aromatic rings. The number of hydrogen-bond donors (Lipinski definition) is 2. The first-order chi connectivity index (χ1) is 8.66. The van der Waals surface area contributed by atoms with Crippen LogP contribution in [0.3, 0.4) is 0 Å². The number of primary amides is 1. The van der Waals surface area contributed by atoms with Gasteiger partial charge < -0.3 is 10.8 Å². The lowest BCUT2D eigenvalue weighted by Gasteiger charge is -2.36. The van der Waals surface area contributed by atoms with E-state index in [1.54, 1.807) is 0 Å². The summed E-state index contributed by atoms with van der Waals surface area (Å²) in [5.74, 6) is -0.218. The van der Waals surface area contributed by atoms with Crippen molar-refractivity contribution >= 4 is 5.91 Å². The second-order valence-electron chi connectivity index (χ2n) is 5.36. The molecule has 103 valence electrons. The number of carbonyl (C=O) groups excluding carboxylic acids is 1. The molecule has 5 heteroatoms. The molecule has 2 heterocycles. The van der Waals surface area contributed by atoms with Crippen molar-refractivity contribution in [2.24, 2.45) is 5.73 Å². The Morgan fingerprint density at radius 2 is 2.22 bits per heavy atom. The molecule has 18 heavy (non-hydrogen) atoms. The van der Waals surface area contributed by atoms with Crippen molar-refractivity contribution in [3.05, 3.63) is 6.42 Å². The molecule has 0 aromatic heterocycles. The molecule has 2 aliphatic rings. The first-order valence-electron chi connectivity index (χ1n) is 6.92. The lowest BCUT2D eigenvalue weighted by atomic mass is 10.0. The predicted molar refractivity (Wildman–Crippen MR) is 69.8 cm³/mol. The third-order valence-corrected chi connectivity index (χ3v) is 3.96. The maximum atomic E-state index is 11.4. The normalized spacial score (nSPS) is 31.4. The number of hydrogen-bond acceptors (Lipinski definition) is 4. The van der Waals surface area contributed by atoms with Gasteiger partial charge in [-0.05, 0) is 45.2 Å². The average Bonchev–Trinajstić information content (AvgIpc) is 2.37. The Labute approximate surface area is 109 Å². The van der Waals surface area contributed by atoms with Gasteiger partial charge in [-0.15, -0.1) is 0 Å². The maximum absolute atomic E-state index is 11.4. The number of rotatable bonds is 4. The van der Waals surface area contributed by atoms with E-state index < -0.39 is 0 Å². The highest BCUT2D eigenvalue weighted by Gasteiger charge is 2.27. The monoisotopic (exact) mass is 254 g/mol. The molecule has 0 aromatic carbocycles. The number of piperidine rings is 2. The van der Waals surface area contributed by atoms with Crippen molar-refractivity contribution in [2.75, 3.05) is 32.7 Å². The van der Waals surface area contributed by atoms with E-state index in [1.807, 2.05) is 0 Å². The molecule has 2 fully saturated rings. The quantitative estimate of drug-likeness (QED) is 0.716. The molecule has 2 atom stereocenters. The molecule has 5 nitrogen and oxygen atoms in total. The first kappa shape index (κ1) is 13.8. The molecule has 0 spiro atoms. The van der Waals surface area contributed by atoms with E-state index in [9.17, 15) is 9.90 Å². The first-order valence-corrected chi connectivity index (χ1v) is 6.92. The van der Waals surface area contributed by atoms with Crippen LogP contribution in [0.25, 0.3) is 0 Å². The Bertz CT molecular complexity index is 285. The van der Waals surface area contributed by atoms with Crippen LogP contribution >= 0.6 is 0 Å². The minimum atomic E-state index is -0.218. The maximum Gasteiger partial charge on any atom is 0.234 e. The summed E-state index contributed by atoms with van der Waals surface area (Å²) in [7, 11) is 0. The van der Waals surface area contributed by atoms with Gasteiger partial charge >= 0.3 is 0 Å². The van der Waals surface area contributed by atoms with Gasteiger partial charge in [0.1, 0.15) is 0 Å². The molecule has 1 amide bonds. The summed E-state index contributed by atoms with van der Waals surface area (Å²) in [5, 5.41) is 9.62. The van der Waals surface area contributed by atoms with E-state index in [-0.39, 0.29) is 18.1 Å². The molecule has 3 N–H and O–H groups in total. The van der Waals surface area contributed by atoms with Crippen molar-refractivity contribution < 1.29 is 9.90 Å². The van der Waals surface area contributed by atoms with Crippen LogP contribution in [-0.4, -0.2) is 65.7 Å². The van der Waals surface area contributed by atoms with Gasteiger partial charge in [-0.1, -0.05) is 0 Å². The fourth-order valence-electron chi connectivity index (χ4n) is 2.91. The van der Waals surface area contributed by atoms with Crippen LogP contribution in [0.4, 0.5) is 0 Å². The molecule has 2 rings (SSSR count). The van der Waals surface area contributed by atoms with E-state index in [4.69, 9.17) is 5.73 Å². The third kappa shape index (κ3) is 3.67. The molecule has 2 saturated heterocycles. The van der Waals surface area contributed by atoms with Crippen molar-refractivity contribution in [3.8, 4) is 0 Å². The number of aliphatic hydroxyl groups excluding tert-OH is 1. The SMILES string of the molecule is NC(=O)C1C[CH]CCN1CCN1CCC[C@H](O)C1. The van der Waals surface area contributed by atoms with Crippen molar-refractivity contribution in [1.29, 1.82) is 0 Å². The molecular weight excluding hydrogens is 230 g/mol. The van der Waals surface area contributed by atoms with Gasteiger partial charge in [0.15, 0.2) is 0 Å². The fraction of sp³-hybridized carbons (Fsp3) is 0.846. The van der Waals surface area contributed by atoms with Gasteiger partial charge in [0.2, 0.25) is 5.91 Å². The summed E-state index contributed by atoms with van der Waals surface area (Å²) in [6.07, 6.45) is 5.76. The largest absolute Gasteiger partial charge is 0.392 e. The zero-order valence-electron chi connectivity index (χ0n) is 10.9. The Kier molecular flexibility index (Phi) is 4.97. The smallest absolute Gasteiger partial charge is 0.234 e. The van der Waals surface area contributed by atoms with Crippen LogP contribution in [0.15, 0.2) is 0 Å². The minimum absolute atomic E-state index is 0.131. The highest BCUT2D eigenvalue weighted by molar-refractivity contribution is 5.80. The number of carbonyl (C=O) groups is 1. The zero-order chi connectivity index (χ0) is 13.0. The van der Waals surface area contributed by atoms with E-state index in [1.165, 1.54) is 0 Å². The number of nitrogens with zero attached hydrogens (tertiary/aromatic N) is 2. The summed E-state index contributed by atoms with van der Waals surface area (Å²) < 4.78 is 0. The van der Waals surface area contributed by atoms with E-state index >= 15 is 0 Å². The minimum Gasteiger partial charge on any atom is -0.392 e. The lowest BCUT2D eigenvalue weighted by molar-refractivity contribution is -0.124. The Morgan fingerprint density at radius 1 is 1.39 bits per heavy atom. The van der Waals surface area contributed by atoms with E-state index in [2.05, 4.69) is 16.2 Å². The topological polar surface area (TPSA) is 69.8 Å². The number of nitrogens with two attached hydrogens (primary N) is 1. The van der Waals surface area contributed by atoms with Crippen LogP contribution in [0.2, 0.25) is 0 Å². The third-order valence-electron chi connectivity index (χ3n) is 3.96. The van der Waals surface area contributed by atoms with Crippen molar-refractivity contribution in [3.63, 3.8) is 0 Å². The zero-order valence-corrected chi connectivity index (χ0v) is 10.9. The Morgan fingerprint density at radius 3 is 2.94 bits per heavy atom. The summed E-state index contributed by atoms with van der Waals surface area (Å²) in [6.45, 7) is 4.53. The Balaban J connectivity index is 1.78. The second kappa shape index (κ2) is 6.50. The highest BCUT2D eigenvalue weighted by atomic mass is 16.3. The summed E-state index contributed by atoms with van der Waals surface area (Å²) >= 11 is 0. The van der Waals surface area contributed by atoms with Crippen LogP contribution in [0, 0.1) is 6.42 Å². The molecule has 0 bridgehead atoms. The summed E-state index contributed by atoms with van der Waals surface area (Å²) in [4.78, 5) is 15.8. The molecule has 0 aliphatic carbocycles. The fourth-order valence-corrected chi connectivity index (χ4v) is 2.91. The average molecular weight is 254 g/mol. The lowest BCUT2D eigenvalue weighted by Crippen LogP contribution is -2.51. The van der Waals surface area contributed by atoms with Crippen molar-refractivity contribution in [1.82, 2.24) is 9.80 Å². The standard InChI is InChI=1S/C13H24N3O2/c14-13(18)12-5-1-2-7-16(12)9-8-15-6-3-4-11(17)10-15/h1,11-12,17H,2-10H2,(H2,14,18)/t11-,12?/m0/s1. The van der Waals surface area contributed by atoms with Gasteiger partial charge in [-0.25, -0.2) is 0 Å². The molecular formula is C13H24N3O2. The Hall–Kier alpha value is -0.650. The number of likely N-dealkylation sites (tertiary alicyclic amines) is 2. The van der Waals surface area contributed by atoms with Crippen molar-refractivity contribution in [2.45, 2.75) is 37.8 Å². The van der Waals surface area contributed by atoms with Gasteiger partial charge in [0.25, 0.3) is 0 Å². The second-order valence-corrected chi connectivity index (χ2v) is 5.36. The molecule has 2 aliphatic heterocycles. The van der Waals surface area contributed by atoms with E-state index in [0.717, 1.165) is 58.4 Å². The highest BCUT2D eigenvalue weighted by Crippen LogP contribution is 2.16.